The number of aliphatic hydroxyl groups excluding tert-OH is 1. The van der Waals surface area contributed by atoms with Gasteiger partial charge in [0.2, 0.25) is 0 Å². The zero-order valence-corrected chi connectivity index (χ0v) is 17.7. The van der Waals surface area contributed by atoms with E-state index in [-0.39, 0.29) is 18.5 Å². The van der Waals surface area contributed by atoms with Crippen LogP contribution in [0.3, 0.4) is 0 Å². The SMILES string of the molecule is CC(C)COC[C@@H](O)CN(Cc1ccccc1F)C[C@@H]1CC(c2ccccc2)=NO1. The monoisotopic (exact) mass is 414 g/mol. The van der Waals surface area contributed by atoms with Gasteiger partial charge in [0.05, 0.1) is 18.4 Å². The number of nitrogens with zero attached hydrogens (tertiary/aromatic N) is 2. The lowest BCUT2D eigenvalue weighted by Crippen LogP contribution is -2.39. The van der Waals surface area contributed by atoms with E-state index in [2.05, 4.69) is 19.0 Å². The Bertz CT molecular complexity index is 813. The van der Waals surface area contributed by atoms with Crippen LogP contribution in [0, 0.1) is 11.7 Å². The molecule has 1 heterocycles. The molecule has 0 bridgehead atoms. The van der Waals surface area contributed by atoms with Crippen LogP contribution in [0.25, 0.3) is 0 Å². The van der Waals surface area contributed by atoms with Crippen LogP contribution in [0.1, 0.15) is 31.4 Å². The van der Waals surface area contributed by atoms with Gasteiger partial charge in [0, 0.05) is 38.2 Å². The second-order valence-electron chi connectivity index (χ2n) is 8.21. The van der Waals surface area contributed by atoms with Gasteiger partial charge in [0.25, 0.3) is 0 Å². The first-order chi connectivity index (χ1) is 14.5. The second kappa shape index (κ2) is 11.2. The number of ether oxygens (including phenoxy) is 1. The summed E-state index contributed by atoms with van der Waals surface area (Å²) in [6.45, 7) is 6.28. The summed E-state index contributed by atoms with van der Waals surface area (Å²) in [5.41, 5.74) is 2.55. The van der Waals surface area contributed by atoms with Crippen molar-refractivity contribution in [2.24, 2.45) is 11.1 Å². The molecule has 0 radical (unpaired) electrons. The Morgan fingerprint density at radius 2 is 1.87 bits per heavy atom. The minimum atomic E-state index is -0.661. The quantitative estimate of drug-likeness (QED) is 0.607. The van der Waals surface area contributed by atoms with E-state index in [9.17, 15) is 9.50 Å². The van der Waals surface area contributed by atoms with E-state index >= 15 is 0 Å². The average molecular weight is 415 g/mol. The van der Waals surface area contributed by atoms with E-state index in [4.69, 9.17) is 9.57 Å². The van der Waals surface area contributed by atoms with Crippen LogP contribution in [0.2, 0.25) is 0 Å². The van der Waals surface area contributed by atoms with E-state index in [0.717, 1.165) is 11.3 Å². The predicted octanol–water partition coefficient (Wildman–Crippen LogP) is 3.85. The van der Waals surface area contributed by atoms with Crippen LogP contribution >= 0.6 is 0 Å². The zero-order chi connectivity index (χ0) is 21.3. The molecule has 2 aromatic rings. The third-order valence-electron chi connectivity index (χ3n) is 4.88. The Hall–Kier alpha value is -2.28. The third-order valence-corrected chi connectivity index (χ3v) is 4.88. The van der Waals surface area contributed by atoms with Gasteiger partial charge in [-0.25, -0.2) is 4.39 Å². The normalized spacial score (nSPS) is 17.3. The lowest BCUT2D eigenvalue weighted by molar-refractivity contribution is -0.00755. The van der Waals surface area contributed by atoms with Gasteiger partial charge in [-0.3, -0.25) is 4.90 Å². The molecule has 1 aliphatic rings. The standard InChI is InChI=1S/C24H31FN2O3/c1-18(2)16-29-17-21(28)14-27(13-20-10-6-7-11-23(20)25)15-22-12-24(26-30-22)19-8-4-3-5-9-19/h3-11,18,21-22,28H,12-17H2,1-2H3/t21-,22-/m0/s1. The summed E-state index contributed by atoms with van der Waals surface area (Å²) in [5.74, 6) is 0.161. The minimum absolute atomic E-state index is 0.143. The molecule has 0 saturated heterocycles. The lowest BCUT2D eigenvalue weighted by atomic mass is 10.0. The van der Waals surface area contributed by atoms with Crippen LogP contribution in [-0.4, -0.2) is 54.2 Å². The molecule has 0 amide bonds. The van der Waals surface area contributed by atoms with E-state index < -0.39 is 6.10 Å². The molecule has 5 nitrogen and oxygen atoms in total. The Morgan fingerprint density at radius 3 is 2.60 bits per heavy atom. The van der Waals surface area contributed by atoms with Crippen molar-refractivity contribution in [2.75, 3.05) is 26.3 Å². The van der Waals surface area contributed by atoms with E-state index in [1.54, 1.807) is 12.1 Å². The molecule has 30 heavy (non-hydrogen) atoms. The topological polar surface area (TPSA) is 54.3 Å². The van der Waals surface area contributed by atoms with Crippen molar-refractivity contribution in [3.63, 3.8) is 0 Å². The molecule has 6 heteroatoms. The summed E-state index contributed by atoms with van der Waals surface area (Å²) >= 11 is 0. The molecule has 3 rings (SSSR count). The van der Waals surface area contributed by atoms with Crippen molar-refractivity contribution in [2.45, 2.75) is 39.0 Å². The van der Waals surface area contributed by atoms with E-state index in [1.807, 2.05) is 41.3 Å². The van der Waals surface area contributed by atoms with Crippen molar-refractivity contribution >= 4 is 5.71 Å². The van der Waals surface area contributed by atoms with Crippen molar-refractivity contribution in [1.82, 2.24) is 4.90 Å². The number of hydrogen-bond donors (Lipinski definition) is 1. The Kier molecular flexibility index (Phi) is 8.37. The summed E-state index contributed by atoms with van der Waals surface area (Å²) < 4.78 is 19.8. The number of aliphatic hydroxyl groups is 1. The van der Waals surface area contributed by atoms with Gasteiger partial charge in [-0.15, -0.1) is 0 Å². The maximum atomic E-state index is 14.2. The largest absolute Gasteiger partial charge is 0.390 e. The summed E-state index contributed by atoms with van der Waals surface area (Å²) in [6.07, 6.45) is -0.125. The van der Waals surface area contributed by atoms with Crippen molar-refractivity contribution in [1.29, 1.82) is 0 Å². The molecule has 162 valence electrons. The number of rotatable bonds is 11. The number of benzene rings is 2. The van der Waals surface area contributed by atoms with Gasteiger partial charge in [-0.1, -0.05) is 67.5 Å². The Labute approximate surface area is 178 Å². The average Bonchev–Trinajstić information content (AvgIpc) is 3.18. The first-order valence-electron chi connectivity index (χ1n) is 10.5. The van der Waals surface area contributed by atoms with E-state index in [1.165, 1.54) is 6.07 Å². The van der Waals surface area contributed by atoms with Crippen LogP contribution in [-0.2, 0) is 16.1 Å². The molecule has 0 aromatic heterocycles. The molecule has 1 N–H and O–H groups in total. The van der Waals surface area contributed by atoms with Crippen molar-refractivity contribution in [3.05, 3.63) is 71.5 Å². The number of hydrogen-bond acceptors (Lipinski definition) is 5. The highest BCUT2D eigenvalue weighted by Gasteiger charge is 2.26. The lowest BCUT2D eigenvalue weighted by Gasteiger charge is -2.27. The van der Waals surface area contributed by atoms with Gasteiger partial charge >= 0.3 is 0 Å². The Balaban J connectivity index is 1.60. The van der Waals surface area contributed by atoms with Crippen molar-refractivity contribution < 1.29 is 19.1 Å². The molecule has 0 aliphatic carbocycles. The molecule has 2 atom stereocenters. The number of halogens is 1. The summed E-state index contributed by atoms with van der Waals surface area (Å²) in [4.78, 5) is 7.66. The van der Waals surface area contributed by atoms with Gasteiger partial charge in [0.15, 0.2) is 0 Å². The van der Waals surface area contributed by atoms with Gasteiger partial charge in [-0.2, -0.15) is 0 Å². The molecule has 0 unspecified atom stereocenters. The highest BCUT2D eigenvalue weighted by Crippen LogP contribution is 2.19. The molecule has 0 spiro atoms. The van der Waals surface area contributed by atoms with E-state index in [0.29, 0.717) is 44.1 Å². The smallest absolute Gasteiger partial charge is 0.145 e. The van der Waals surface area contributed by atoms with Crippen LogP contribution in [0.4, 0.5) is 4.39 Å². The molecule has 1 aliphatic heterocycles. The minimum Gasteiger partial charge on any atom is -0.390 e. The Morgan fingerprint density at radius 1 is 1.13 bits per heavy atom. The fourth-order valence-electron chi connectivity index (χ4n) is 3.48. The van der Waals surface area contributed by atoms with Crippen LogP contribution in [0.5, 0.6) is 0 Å². The van der Waals surface area contributed by atoms with Crippen LogP contribution in [0.15, 0.2) is 59.8 Å². The first-order valence-corrected chi connectivity index (χ1v) is 10.5. The zero-order valence-electron chi connectivity index (χ0n) is 17.7. The van der Waals surface area contributed by atoms with Crippen LogP contribution < -0.4 is 0 Å². The van der Waals surface area contributed by atoms with Gasteiger partial charge < -0.3 is 14.7 Å². The highest BCUT2D eigenvalue weighted by molar-refractivity contribution is 6.01. The maximum Gasteiger partial charge on any atom is 0.145 e. The molecule has 0 saturated carbocycles. The maximum absolute atomic E-state index is 14.2. The molecular formula is C24H31FN2O3. The van der Waals surface area contributed by atoms with Gasteiger partial charge in [0.1, 0.15) is 11.9 Å². The summed E-state index contributed by atoms with van der Waals surface area (Å²) in [7, 11) is 0. The predicted molar refractivity (Wildman–Crippen MR) is 116 cm³/mol. The van der Waals surface area contributed by atoms with Crippen molar-refractivity contribution in [3.8, 4) is 0 Å². The third kappa shape index (κ3) is 6.90. The summed E-state index contributed by atoms with van der Waals surface area (Å²) in [6, 6.07) is 16.7. The molecular weight excluding hydrogens is 383 g/mol. The highest BCUT2D eigenvalue weighted by atomic mass is 19.1. The summed E-state index contributed by atoms with van der Waals surface area (Å²) in [5, 5.41) is 14.7. The fourth-order valence-corrected chi connectivity index (χ4v) is 3.48. The number of oxime groups is 1. The molecule has 0 fully saturated rings. The molecule has 2 aromatic carbocycles. The first kappa shape index (κ1) is 22.4. The fraction of sp³-hybridized carbons (Fsp3) is 0.458. The second-order valence-corrected chi connectivity index (χ2v) is 8.21. The van der Waals surface area contributed by atoms with Gasteiger partial charge in [-0.05, 0) is 17.5 Å².